The summed E-state index contributed by atoms with van der Waals surface area (Å²) in [5, 5.41) is 12.1. The van der Waals surface area contributed by atoms with Crippen molar-refractivity contribution in [3.05, 3.63) is 87.3 Å². The van der Waals surface area contributed by atoms with Crippen molar-refractivity contribution in [2.24, 2.45) is 0 Å². The smallest absolute Gasteiger partial charge is 0.436 e. The van der Waals surface area contributed by atoms with E-state index in [1.54, 1.807) is 6.92 Å². The van der Waals surface area contributed by atoms with E-state index in [1.807, 2.05) is 0 Å². The molecular formula is C31H29ClF4N6O6S. The van der Waals surface area contributed by atoms with Crippen LogP contribution in [0, 0.1) is 5.82 Å². The Morgan fingerprint density at radius 1 is 1.08 bits per heavy atom. The molecule has 3 heterocycles. The van der Waals surface area contributed by atoms with Crippen LogP contribution >= 0.6 is 11.6 Å². The third-order valence-electron chi connectivity index (χ3n) is 7.94. The van der Waals surface area contributed by atoms with Crippen molar-refractivity contribution in [3.63, 3.8) is 0 Å². The number of sulfone groups is 1. The number of carbonyl (C=O) groups is 2. The summed E-state index contributed by atoms with van der Waals surface area (Å²) in [4.78, 5) is 39.5. The first-order valence-electron chi connectivity index (χ1n) is 14.8. The molecule has 2 N–H and O–H groups in total. The SMILES string of the molecule is CC[C@@H](C(=O)Nc1ccc(C(=O)NC2CCS(=O)(=O)CC2)c(F)c1)n1cc(OC)c(-c2cc(Cl)ccc2-n2cc(C(F)(F)F)nn2)cc1=O. The van der Waals surface area contributed by atoms with Gasteiger partial charge in [-0.05, 0) is 55.7 Å². The van der Waals surface area contributed by atoms with Gasteiger partial charge in [0.25, 0.3) is 11.5 Å². The third-order valence-corrected chi connectivity index (χ3v) is 9.89. The molecular weight excluding hydrogens is 696 g/mol. The number of anilines is 1. The van der Waals surface area contributed by atoms with Gasteiger partial charge < -0.3 is 15.4 Å². The Balaban J connectivity index is 1.38. The lowest BCUT2D eigenvalue weighted by Gasteiger charge is -2.23. The number of benzene rings is 2. The molecule has 4 aromatic rings. The summed E-state index contributed by atoms with van der Waals surface area (Å²) < 4.78 is 85.4. The Morgan fingerprint density at radius 2 is 1.80 bits per heavy atom. The topological polar surface area (TPSA) is 154 Å². The molecule has 260 valence electrons. The number of alkyl halides is 3. The van der Waals surface area contributed by atoms with E-state index in [0.29, 0.717) is 6.20 Å². The molecule has 1 fully saturated rings. The lowest BCUT2D eigenvalue weighted by molar-refractivity contribution is -0.141. The molecule has 5 rings (SSSR count). The molecule has 18 heteroatoms. The standard InChI is InChI=1S/C31H29ClF4N6O6S/c1-3-24(30(45)38-19-5-6-20(23(33)13-19)29(44)37-18-8-10-49(46,47)11-9-18)41-15-26(48-2)22(14-28(41)43)21-12-17(32)4-7-25(21)42-16-27(39-40-42)31(34,35)36/h4-7,12-16,18,24H,3,8-11H2,1-2H3,(H,37,44)(H,38,45)/t24-/m0/s1. The number of rotatable bonds is 9. The Morgan fingerprint density at radius 3 is 2.41 bits per heavy atom. The highest BCUT2D eigenvalue weighted by Gasteiger charge is 2.35. The number of nitrogens with zero attached hydrogens (tertiary/aromatic N) is 4. The highest BCUT2D eigenvalue weighted by Crippen LogP contribution is 2.36. The van der Waals surface area contributed by atoms with Gasteiger partial charge in [-0.2, -0.15) is 13.2 Å². The average molecular weight is 725 g/mol. The van der Waals surface area contributed by atoms with E-state index in [0.717, 1.165) is 21.4 Å². The van der Waals surface area contributed by atoms with Crippen molar-refractivity contribution >= 4 is 38.9 Å². The highest BCUT2D eigenvalue weighted by atomic mass is 35.5. The summed E-state index contributed by atoms with van der Waals surface area (Å²) in [5.41, 5.74) is -1.75. The van der Waals surface area contributed by atoms with Crippen LogP contribution in [-0.2, 0) is 20.8 Å². The number of hydrogen-bond donors (Lipinski definition) is 2. The molecule has 0 radical (unpaired) electrons. The first kappa shape index (κ1) is 35.5. The second-order valence-corrected chi connectivity index (χ2v) is 14.0. The van der Waals surface area contributed by atoms with Crippen molar-refractivity contribution in [2.45, 2.75) is 44.4 Å². The first-order chi connectivity index (χ1) is 23.1. The van der Waals surface area contributed by atoms with E-state index < -0.39 is 57.0 Å². The summed E-state index contributed by atoms with van der Waals surface area (Å²) >= 11 is 6.21. The van der Waals surface area contributed by atoms with E-state index in [4.69, 9.17) is 16.3 Å². The molecule has 1 aliphatic rings. The van der Waals surface area contributed by atoms with Crippen LogP contribution in [0.2, 0.25) is 5.02 Å². The zero-order chi connectivity index (χ0) is 35.7. The molecule has 1 aliphatic heterocycles. The average Bonchev–Trinajstić information content (AvgIpc) is 3.54. The number of carbonyl (C=O) groups excluding carboxylic acids is 2. The number of hydrogen-bond acceptors (Lipinski definition) is 8. The van der Waals surface area contributed by atoms with Crippen molar-refractivity contribution in [2.75, 3.05) is 23.9 Å². The fourth-order valence-electron chi connectivity index (χ4n) is 5.39. The lowest BCUT2D eigenvalue weighted by atomic mass is 10.0. The molecule has 0 saturated carbocycles. The van der Waals surface area contributed by atoms with Gasteiger partial charge in [0.1, 0.15) is 27.4 Å². The molecule has 2 aromatic heterocycles. The van der Waals surface area contributed by atoms with Crippen LogP contribution in [-0.4, -0.2) is 64.5 Å². The van der Waals surface area contributed by atoms with E-state index in [2.05, 4.69) is 20.9 Å². The quantitative estimate of drug-likeness (QED) is 0.233. The summed E-state index contributed by atoms with van der Waals surface area (Å²) in [7, 11) is -1.85. The maximum atomic E-state index is 15.0. The van der Waals surface area contributed by atoms with Crippen LogP contribution in [0.15, 0.2) is 59.7 Å². The summed E-state index contributed by atoms with van der Waals surface area (Å²) in [5.74, 6) is -2.41. The number of ether oxygens (including phenoxy) is 1. The lowest BCUT2D eigenvalue weighted by Crippen LogP contribution is -2.41. The summed E-state index contributed by atoms with van der Waals surface area (Å²) in [6.45, 7) is 1.64. The highest BCUT2D eigenvalue weighted by molar-refractivity contribution is 7.91. The van der Waals surface area contributed by atoms with Crippen molar-refractivity contribution < 1.29 is 40.3 Å². The Bertz CT molecular complexity index is 2070. The fourth-order valence-corrected chi connectivity index (χ4v) is 7.05. The van der Waals surface area contributed by atoms with Gasteiger partial charge >= 0.3 is 6.18 Å². The molecule has 1 atom stereocenters. The molecule has 0 aliphatic carbocycles. The maximum Gasteiger partial charge on any atom is 0.436 e. The van der Waals surface area contributed by atoms with E-state index in [-0.39, 0.29) is 69.6 Å². The molecule has 2 aromatic carbocycles. The minimum absolute atomic E-state index is 0.00696. The Labute approximate surface area is 281 Å². The number of halogens is 5. The van der Waals surface area contributed by atoms with Crippen LogP contribution < -0.4 is 20.9 Å². The van der Waals surface area contributed by atoms with Crippen molar-refractivity contribution in [1.29, 1.82) is 0 Å². The minimum atomic E-state index is -4.75. The molecule has 0 unspecified atom stereocenters. The maximum absolute atomic E-state index is 15.0. The van der Waals surface area contributed by atoms with Gasteiger partial charge in [-0.1, -0.05) is 23.7 Å². The number of nitrogens with one attached hydrogen (secondary N) is 2. The van der Waals surface area contributed by atoms with Gasteiger partial charge in [-0.25, -0.2) is 17.5 Å². The van der Waals surface area contributed by atoms with Crippen LogP contribution in [0.3, 0.4) is 0 Å². The first-order valence-corrected chi connectivity index (χ1v) is 17.0. The summed E-state index contributed by atoms with van der Waals surface area (Å²) in [6, 6.07) is 7.28. The van der Waals surface area contributed by atoms with Gasteiger partial charge in [0, 0.05) is 33.9 Å². The summed E-state index contributed by atoms with van der Waals surface area (Å²) in [6.07, 6.45) is -2.24. The molecule has 12 nitrogen and oxygen atoms in total. The second-order valence-electron chi connectivity index (χ2n) is 11.2. The third kappa shape index (κ3) is 7.94. The van der Waals surface area contributed by atoms with Crippen LogP contribution in [0.5, 0.6) is 5.75 Å². The molecule has 1 saturated heterocycles. The van der Waals surface area contributed by atoms with Gasteiger partial charge in [0.05, 0.1) is 42.3 Å². The number of pyridine rings is 1. The van der Waals surface area contributed by atoms with E-state index >= 15 is 0 Å². The number of methoxy groups -OCH3 is 1. The molecule has 0 spiro atoms. The molecule has 0 bridgehead atoms. The van der Waals surface area contributed by atoms with Gasteiger partial charge in [-0.3, -0.25) is 19.0 Å². The van der Waals surface area contributed by atoms with Gasteiger partial charge in [0.15, 0.2) is 5.69 Å². The monoisotopic (exact) mass is 724 g/mol. The predicted octanol–water partition coefficient (Wildman–Crippen LogP) is 4.81. The second kappa shape index (κ2) is 14.0. The number of aromatic nitrogens is 4. The van der Waals surface area contributed by atoms with Crippen LogP contribution in [0.25, 0.3) is 16.8 Å². The minimum Gasteiger partial charge on any atom is -0.495 e. The normalized spacial score (nSPS) is 15.4. The Kier molecular flexibility index (Phi) is 10.1. The number of amides is 2. The van der Waals surface area contributed by atoms with Crippen molar-refractivity contribution in [1.82, 2.24) is 24.9 Å². The predicted molar refractivity (Wildman–Crippen MR) is 171 cm³/mol. The van der Waals surface area contributed by atoms with E-state index in [9.17, 15) is 40.4 Å². The van der Waals surface area contributed by atoms with Crippen LogP contribution in [0.4, 0.5) is 23.2 Å². The largest absolute Gasteiger partial charge is 0.495 e. The van der Waals surface area contributed by atoms with Gasteiger partial charge in [-0.15, -0.1) is 5.10 Å². The zero-order valence-electron chi connectivity index (χ0n) is 25.9. The van der Waals surface area contributed by atoms with E-state index in [1.165, 1.54) is 43.6 Å². The van der Waals surface area contributed by atoms with Crippen LogP contribution in [0.1, 0.15) is 48.3 Å². The zero-order valence-corrected chi connectivity index (χ0v) is 27.5. The Hall–Kier alpha value is -4.77. The van der Waals surface area contributed by atoms with Crippen molar-refractivity contribution in [3.8, 4) is 22.6 Å². The van der Waals surface area contributed by atoms with Gasteiger partial charge in [0.2, 0.25) is 5.91 Å². The molecule has 2 amide bonds. The fraction of sp³-hybridized carbons (Fsp3) is 0.323. The molecule has 49 heavy (non-hydrogen) atoms.